The van der Waals surface area contributed by atoms with E-state index in [4.69, 9.17) is 4.74 Å². The van der Waals surface area contributed by atoms with Crippen molar-refractivity contribution in [2.24, 2.45) is 0 Å². The first-order valence-electron chi connectivity index (χ1n) is 7.70. The lowest BCUT2D eigenvalue weighted by Gasteiger charge is -2.25. The van der Waals surface area contributed by atoms with Gasteiger partial charge in [-0.25, -0.2) is 4.98 Å². The van der Waals surface area contributed by atoms with Gasteiger partial charge in [0, 0.05) is 37.7 Å². The summed E-state index contributed by atoms with van der Waals surface area (Å²) in [5.74, 6) is 0.0306. The predicted octanol–water partition coefficient (Wildman–Crippen LogP) is 2.03. The first-order chi connectivity index (χ1) is 10.5. The highest BCUT2D eigenvalue weighted by atomic mass is 32.1. The van der Waals surface area contributed by atoms with Crippen LogP contribution in [-0.4, -0.2) is 67.1 Å². The maximum Gasteiger partial charge on any atom is 0.246 e. The van der Waals surface area contributed by atoms with Crippen molar-refractivity contribution in [3.63, 3.8) is 0 Å². The number of amides is 1. The Bertz CT molecular complexity index is 507. The molecule has 0 N–H and O–H groups in total. The Morgan fingerprint density at radius 1 is 1.50 bits per heavy atom. The summed E-state index contributed by atoms with van der Waals surface area (Å²) >= 11 is 1.59. The van der Waals surface area contributed by atoms with Gasteiger partial charge in [-0.3, -0.25) is 4.79 Å². The van der Waals surface area contributed by atoms with Crippen molar-refractivity contribution in [1.29, 1.82) is 0 Å². The number of hydrogen-bond acceptors (Lipinski definition) is 5. The van der Waals surface area contributed by atoms with E-state index in [1.807, 2.05) is 31.3 Å². The fourth-order valence-corrected chi connectivity index (χ4v) is 2.95. The lowest BCUT2D eigenvalue weighted by atomic mass is 10.2. The molecule has 22 heavy (non-hydrogen) atoms. The minimum atomic E-state index is 0.0306. The molecule has 0 bridgehead atoms. The molecule has 1 saturated heterocycles. The van der Waals surface area contributed by atoms with E-state index in [-0.39, 0.29) is 12.0 Å². The fourth-order valence-electron chi connectivity index (χ4n) is 2.37. The van der Waals surface area contributed by atoms with Crippen LogP contribution in [0.25, 0.3) is 6.08 Å². The van der Waals surface area contributed by atoms with Gasteiger partial charge in [-0.15, -0.1) is 11.3 Å². The number of rotatable bonds is 7. The second-order valence-electron chi connectivity index (χ2n) is 5.85. The van der Waals surface area contributed by atoms with Crippen LogP contribution in [0.4, 0.5) is 0 Å². The van der Waals surface area contributed by atoms with Gasteiger partial charge in [-0.2, -0.15) is 0 Å². The average molecular weight is 323 g/mol. The molecule has 1 amide bonds. The van der Waals surface area contributed by atoms with Crippen LogP contribution in [-0.2, 0) is 9.53 Å². The molecule has 0 aliphatic carbocycles. The number of ether oxygens (including phenoxy) is 1. The van der Waals surface area contributed by atoms with E-state index in [9.17, 15) is 4.79 Å². The summed E-state index contributed by atoms with van der Waals surface area (Å²) in [6.07, 6.45) is 5.74. The molecule has 1 aliphatic rings. The van der Waals surface area contributed by atoms with Gasteiger partial charge in [0.2, 0.25) is 5.91 Å². The minimum absolute atomic E-state index is 0.0306. The van der Waals surface area contributed by atoms with Crippen molar-refractivity contribution >= 4 is 23.3 Å². The number of hydrogen-bond donors (Lipinski definition) is 0. The van der Waals surface area contributed by atoms with Crippen molar-refractivity contribution < 1.29 is 9.53 Å². The molecule has 1 fully saturated rings. The minimum Gasteiger partial charge on any atom is -0.376 e. The normalized spacial score (nSPS) is 18.5. The SMILES string of the molecule is Cc1nc(/C=C/C(=O)N(CCN(C)C)CC2CCCO2)cs1. The molecule has 1 unspecified atom stereocenters. The molecule has 6 heteroatoms. The van der Waals surface area contributed by atoms with Crippen molar-refractivity contribution in [3.05, 3.63) is 22.2 Å². The van der Waals surface area contributed by atoms with E-state index in [2.05, 4.69) is 9.88 Å². The molecule has 0 spiro atoms. The van der Waals surface area contributed by atoms with Crippen LogP contribution in [0.2, 0.25) is 0 Å². The molecule has 0 aromatic carbocycles. The third-order valence-corrected chi connectivity index (χ3v) is 4.40. The number of aryl methyl sites for hydroxylation is 1. The fraction of sp³-hybridized carbons (Fsp3) is 0.625. The number of aromatic nitrogens is 1. The highest BCUT2D eigenvalue weighted by Crippen LogP contribution is 2.14. The van der Waals surface area contributed by atoms with Gasteiger partial charge in [-0.1, -0.05) is 0 Å². The van der Waals surface area contributed by atoms with Crippen molar-refractivity contribution in [3.8, 4) is 0 Å². The summed E-state index contributed by atoms with van der Waals surface area (Å²) in [6, 6.07) is 0. The van der Waals surface area contributed by atoms with Gasteiger partial charge < -0.3 is 14.5 Å². The maximum atomic E-state index is 12.5. The van der Waals surface area contributed by atoms with Crippen LogP contribution in [0.1, 0.15) is 23.5 Å². The third kappa shape index (κ3) is 5.51. The highest BCUT2D eigenvalue weighted by molar-refractivity contribution is 7.09. The van der Waals surface area contributed by atoms with Crippen LogP contribution >= 0.6 is 11.3 Å². The number of thiazole rings is 1. The number of likely N-dealkylation sites (N-methyl/N-ethyl adjacent to an activating group) is 1. The smallest absolute Gasteiger partial charge is 0.246 e. The standard InChI is InChI=1S/C16H25N3O2S/c1-13-17-14(12-22-13)6-7-16(20)19(9-8-18(2)3)11-15-5-4-10-21-15/h6-7,12,15H,4-5,8-11H2,1-3H3/b7-6+. The van der Waals surface area contributed by atoms with Crippen LogP contribution in [0.15, 0.2) is 11.5 Å². The zero-order chi connectivity index (χ0) is 15.9. The summed E-state index contributed by atoms with van der Waals surface area (Å²) in [5, 5.41) is 2.97. The summed E-state index contributed by atoms with van der Waals surface area (Å²) in [7, 11) is 4.03. The summed E-state index contributed by atoms with van der Waals surface area (Å²) in [5.41, 5.74) is 0.848. The van der Waals surface area contributed by atoms with Gasteiger partial charge in [0.1, 0.15) is 0 Å². The van der Waals surface area contributed by atoms with Crippen molar-refractivity contribution in [2.45, 2.75) is 25.9 Å². The predicted molar refractivity (Wildman–Crippen MR) is 90.0 cm³/mol. The van der Waals surface area contributed by atoms with Crippen LogP contribution in [0.5, 0.6) is 0 Å². The molecule has 1 aromatic rings. The second-order valence-corrected chi connectivity index (χ2v) is 6.91. The number of nitrogens with zero attached hydrogens (tertiary/aromatic N) is 3. The third-order valence-electron chi connectivity index (χ3n) is 3.61. The zero-order valence-corrected chi connectivity index (χ0v) is 14.4. The van der Waals surface area contributed by atoms with Crippen LogP contribution in [0.3, 0.4) is 0 Å². The zero-order valence-electron chi connectivity index (χ0n) is 13.6. The number of carbonyl (C=O) groups excluding carboxylic acids is 1. The molecule has 2 heterocycles. The Kier molecular flexibility index (Phi) is 6.54. The molecule has 122 valence electrons. The second kappa shape index (κ2) is 8.41. The van der Waals surface area contributed by atoms with E-state index in [0.29, 0.717) is 13.1 Å². The van der Waals surface area contributed by atoms with Crippen molar-refractivity contribution in [1.82, 2.24) is 14.8 Å². The molecular weight excluding hydrogens is 298 g/mol. The molecule has 1 atom stereocenters. The maximum absolute atomic E-state index is 12.5. The van der Waals surface area contributed by atoms with Gasteiger partial charge >= 0.3 is 0 Å². The Hall–Kier alpha value is -1.24. The molecule has 5 nitrogen and oxygen atoms in total. The van der Waals surface area contributed by atoms with Crippen LogP contribution < -0.4 is 0 Å². The van der Waals surface area contributed by atoms with Gasteiger partial charge in [0.05, 0.1) is 16.8 Å². The lowest BCUT2D eigenvalue weighted by molar-refractivity contribution is -0.127. The van der Waals surface area contributed by atoms with E-state index < -0.39 is 0 Å². The Labute approximate surface area is 136 Å². The summed E-state index contributed by atoms with van der Waals surface area (Å²) in [6.45, 7) is 5.01. The van der Waals surface area contributed by atoms with Crippen molar-refractivity contribution in [2.75, 3.05) is 40.3 Å². The Balaban J connectivity index is 1.95. The van der Waals surface area contributed by atoms with E-state index in [1.165, 1.54) is 0 Å². The summed E-state index contributed by atoms with van der Waals surface area (Å²) in [4.78, 5) is 20.8. The van der Waals surface area contributed by atoms with E-state index in [1.54, 1.807) is 23.5 Å². The van der Waals surface area contributed by atoms with E-state index in [0.717, 1.165) is 36.7 Å². The Morgan fingerprint density at radius 2 is 2.32 bits per heavy atom. The molecule has 1 aromatic heterocycles. The molecule has 0 radical (unpaired) electrons. The van der Waals surface area contributed by atoms with Gasteiger partial charge in [0.15, 0.2) is 0 Å². The first-order valence-corrected chi connectivity index (χ1v) is 8.58. The molecule has 1 aliphatic heterocycles. The lowest BCUT2D eigenvalue weighted by Crippen LogP contribution is -2.40. The average Bonchev–Trinajstić information content (AvgIpc) is 3.12. The van der Waals surface area contributed by atoms with Gasteiger partial charge in [0.25, 0.3) is 0 Å². The summed E-state index contributed by atoms with van der Waals surface area (Å²) < 4.78 is 5.66. The molecule has 2 rings (SSSR count). The monoisotopic (exact) mass is 323 g/mol. The number of carbonyl (C=O) groups is 1. The topological polar surface area (TPSA) is 45.7 Å². The van der Waals surface area contributed by atoms with Gasteiger partial charge in [-0.05, 0) is 39.9 Å². The Morgan fingerprint density at radius 3 is 2.91 bits per heavy atom. The largest absolute Gasteiger partial charge is 0.376 e. The van der Waals surface area contributed by atoms with E-state index >= 15 is 0 Å². The highest BCUT2D eigenvalue weighted by Gasteiger charge is 2.21. The van der Waals surface area contributed by atoms with Crippen LogP contribution in [0, 0.1) is 6.92 Å². The quantitative estimate of drug-likeness (QED) is 0.720. The first kappa shape index (κ1) is 17.1. The molecule has 0 saturated carbocycles. The molecular formula is C16H25N3O2S.